The van der Waals surface area contributed by atoms with Crippen LogP contribution in [0.2, 0.25) is 0 Å². The van der Waals surface area contributed by atoms with Gasteiger partial charge in [-0.3, -0.25) is 14.6 Å². The molecular formula is C17H27N5O3. The molecule has 0 bridgehead atoms. The molecule has 1 spiro atoms. The molecule has 2 aliphatic rings. The summed E-state index contributed by atoms with van der Waals surface area (Å²) in [6, 6.07) is -0.537. The van der Waals surface area contributed by atoms with Gasteiger partial charge in [-0.15, -0.1) is 10.2 Å². The van der Waals surface area contributed by atoms with Crippen LogP contribution in [-0.2, 0) is 11.2 Å². The smallest absolute Gasteiger partial charge is 0.325 e. The van der Waals surface area contributed by atoms with E-state index in [1.54, 1.807) is 0 Å². The summed E-state index contributed by atoms with van der Waals surface area (Å²) in [6.45, 7) is 11.1. The molecular weight excluding hydrogens is 322 g/mol. The van der Waals surface area contributed by atoms with E-state index in [4.69, 9.17) is 4.42 Å². The maximum Gasteiger partial charge on any atom is 0.325 e. The van der Waals surface area contributed by atoms with E-state index in [2.05, 4.69) is 34.3 Å². The first-order chi connectivity index (χ1) is 11.7. The molecule has 0 saturated carbocycles. The Morgan fingerprint density at radius 2 is 1.92 bits per heavy atom. The number of likely N-dealkylation sites (tertiary alicyclic amines) is 1. The van der Waals surface area contributed by atoms with Gasteiger partial charge in [0.1, 0.15) is 5.54 Å². The van der Waals surface area contributed by atoms with Gasteiger partial charge in [-0.1, -0.05) is 13.8 Å². The molecule has 138 valence electrons. The lowest BCUT2D eigenvalue weighted by atomic mass is 9.98. The molecule has 1 aromatic rings. The fourth-order valence-electron chi connectivity index (χ4n) is 3.58. The monoisotopic (exact) mass is 349 g/mol. The highest BCUT2D eigenvalue weighted by Gasteiger charge is 2.56. The van der Waals surface area contributed by atoms with Crippen LogP contribution in [0.25, 0.3) is 0 Å². The van der Waals surface area contributed by atoms with Gasteiger partial charge in [0.2, 0.25) is 11.8 Å². The van der Waals surface area contributed by atoms with Crippen LogP contribution in [0.5, 0.6) is 0 Å². The molecule has 0 radical (unpaired) electrons. The van der Waals surface area contributed by atoms with Crippen molar-refractivity contribution >= 4 is 11.9 Å². The third kappa shape index (κ3) is 3.15. The van der Waals surface area contributed by atoms with Crippen LogP contribution in [0, 0.1) is 5.92 Å². The highest BCUT2D eigenvalue weighted by molar-refractivity contribution is 6.07. The minimum atomic E-state index is -0.823. The van der Waals surface area contributed by atoms with Crippen LogP contribution in [0.15, 0.2) is 4.42 Å². The van der Waals surface area contributed by atoms with Crippen molar-refractivity contribution in [3.63, 3.8) is 0 Å². The standard InChI is InChI=1S/C17H27N5O3/c1-10(2)8-13-19-20-14(25-13)12(5)21-7-6-17(9-21)15(23)22(11(3)4)16(24)18-17/h10-12H,6-9H2,1-5H3,(H,18,24). The molecule has 25 heavy (non-hydrogen) atoms. The van der Waals surface area contributed by atoms with Crippen molar-refractivity contribution in [2.75, 3.05) is 13.1 Å². The van der Waals surface area contributed by atoms with Crippen LogP contribution < -0.4 is 5.32 Å². The van der Waals surface area contributed by atoms with E-state index in [1.807, 2.05) is 20.8 Å². The Balaban J connectivity index is 1.71. The molecule has 1 N–H and O–H groups in total. The molecule has 3 rings (SSSR count). The van der Waals surface area contributed by atoms with Crippen LogP contribution in [0.1, 0.15) is 58.9 Å². The number of rotatable bonds is 5. The van der Waals surface area contributed by atoms with Gasteiger partial charge in [-0.25, -0.2) is 4.79 Å². The number of urea groups is 1. The lowest BCUT2D eigenvalue weighted by molar-refractivity contribution is -0.132. The number of carbonyl (C=O) groups is 2. The molecule has 2 saturated heterocycles. The third-order valence-corrected chi connectivity index (χ3v) is 4.98. The minimum Gasteiger partial charge on any atom is -0.424 e. The van der Waals surface area contributed by atoms with Crippen LogP contribution in [-0.4, -0.2) is 56.6 Å². The van der Waals surface area contributed by atoms with Crippen LogP contribution in [0.3, 0.4) is 0 Å². The average Bonchev–Trinajstić information content (AvgIpc) is 3.18. The molecule has 1 aromatic heterocycles. The highest BCUT2D eigenvalue weighted by atomic mass is 16.4. The zero-order valence-corrected chi connectivity index (χ0v) is 15.6. The SMILES string of the molecule is CC(C)Cc1nnc(C(C)N2CCC3(C2)NC(=O)N(C(C)C)C3=O)o1. The summed E-state index contributed by atoms with van der Waals surface area (Å²) in [5.41, 5.74) is -0.823. The number of hydrogen-bond acceptors (Lipinski definition) is 6. The first kappa shape index (κ1) is 17.8. The van der Waals surface area contributed by atoms with E-state index in [9.17, 15) is 9.59 Å². The van der Waals surface area contributed by atoms with Gasteiger partial charge >= 0.3 is 6.03 Å². The highest BCUT2D eigenvalue weighted by Crippen LogP contribution is 2.34. The van der Waals surface area contributed by atoms with E-state index < -0.39 is 5.54 Å². The number of nitrogens with zero attached hydrogens (tertiary/aromatic N) is 4. The van der Waals surface area contributed by atoms with Crippen molar-refractivity contribution in [2.45, 2.75) is 65.1 Å². The van der Waals surface area contributed by atoms with E-state index in [0.717, 1.165) is 6.42 Å². The van der Waals surface area contributed by atoms with E-state index in [0.29, 0.717) is 37.2 Å². The first-order valence-corrected chi connectivity index (χ1v) is 8.95. The molecule has 2 atom stereocenters. The van der Waals surface area contributed by atoms with Crippen molar-refractivity contribution in [2.24, 2.45) is 5.92 Å². The molecule has 2 aliphatic heterocycles. The van der Waals surface area contributed by atoms with Gasteiger partial charge in [0.15, 0.2) is 0 Å². The molecule has 2 fully saturated rings. The lowest BCUT2D eigenvalue weighted by Crippen LogP contribution is -2.49. The summed E-state index contributed by atoms with van der Waals surface area (Å²) in [5, 5.41) is 11.2. The topological polar surface area (TPSA) is 91.6 Å². The fourth-order valence-corrected chi connectivity index (χ4v) is 3.58. The molecule has 0 aliphatic carbocycles. The second kappa shape index (κ2) is 6.40. The Morgan fingerprint density at radius 3 is 2.52 bits per heavy atom. The largest absolute Gasteiger partial charge is 0.424 e. The summed E-state index contributed by atoms with van der Waals surface area (Å²) >= 11 is 0. The maximum atomic E-state index is 12.8. The molecule has 2 unspecified atom stereocenters. The molecule has 8 heteroatoms. The molecule has 3 amide bonds. The number of amides is 3. The Bertz CT molecular complexity index is 671. The van der Waals surface area contributed by atoms with Gasteiger partial charge in [-0.2, -0.15) is 0 Å². The van der Waals surface area contributed by atoms with Crippen molar-refractivity contribution in [1.29, 1.82) is 0 Å². The van der Waals surface area contributed by atoms with E-state index in [1.165, 1.54) is 4.90 Å². The number of nitrogens with one attached hydrogen (secondary N) is 1. The van der Waals surface area contributed by atoms with Crippen LogP contribution >= 0.6 is 0 Å². The summed E-state index contributed by atoms with van der Waals surface area (Å²) in [5.74, 6) is 1.52. The second-order valence-corrected chi connectivity index (χ2v) is 7.81. The van der Waals surface area contributed by atoms with Crippen molar-refractivity contribution in [3.05, 3.63) is 11.8 Å². The Morgan fingerprint density at radius 1 is 1.20 bits per heavy atom. The molecule has 3 heterocycles. The maximum absolute atomic E-state index is 12.8. The van der Waals surface area contributed by atoms with Crippen molar-refractivity contribution in [3.8, 4) is 0 Å². The number of aromatic nitrogens is 2. The van der Waals surface area contributed by atoms with Crippen molar-refractivity contribution in [1.82, 2.24) is 25.3 Å². The lowest BCUT2D eigenvalue weighted by Gasteiger charge is -2.25. The fraction of sp³-hybridized carbons (Fsp3) is 0.765. The van der Waals surface area contributed by atoms with Gasteiger partial charge in [0, 0.05) is 25.6 Å². The zero-order valence-electron chi connectivity index (χ0n) is 15.6. The summed E-state index contributed by atoms with van der Waals surface area (Å²) < 4.78 is 5.78. The summed E-state index contributed by atoms with van der Waals surface area (Å²) in [4.78, 5) is 28.4. The van der Waals surface area contributed by atoms with E-state index >= 15 is 0 Å². The summed E-state index contributed by atoms with van der Waals surface area (Å²) in [7, 11) is 0. The van der Waals surface area contributed by atoms with Crippen LogP contribution in [0.4, 0.5) is 4.79 Å². The van der Waals surface area contributed by atoms with Crippen molar-refractivity contribution < 1.29 is 14.0 Å². The van der Waals surface area contributed by atoms with Gasteiger partial charge in [-0.05, 0) is 33.1 Å². The normalized spacial score (nSPS) is 25.6. The number of imide groups is 1. The predicted octanol–water partition coefficient (Wildman–Crippen LogP) is 1.73. The molecule has 8 nitrogen and oxygen atoms in total. The van der Waals surface area contributed by atoms with Gasteiger partial charge in [0.05, 0.1) is 6.04 Å². The Labute approximate surface area is 147 Å². The average molecular weight is 349 g/mol. The number of carbonyl (C=O) groups excluding carboxylic acids is 2. The second-order valence-electron chi connectivity index (χ2n) is 7.81. The van der Waals surface area contributed by atoms with E-state index in [-0.39, 0.29) is 24.0 Å². The third-order valence-electron chi connectivity index (χ3n) is 4.98. The van der Waals surface area contributed by atoms with Gasteiger partial charge < -0.3 is 9.73 Å². The Kier molecular flexibility index (Phi) is 4.57. The molecule has 0 aromatic carbocycles. The Hall–Kier alpha value is -1.96. The van der Waals surface area contributed by atoms with Gasteiger partial charge in [0.25, 0.3) is 5.91 Å². The summed E-state index contributed by atoms with van der Waals surface area (Å²) in [6.07, 6.45) is 1.35. The predicted molar refractivity (Wildman–Crippen MR) is 90.7 cm³/mol. The minimum absolute atomic E-state index is 0.0920. The number of hydrogen-bond donors (Lipinski definition) is 1. The zero-order chi connectivity index (χ0) is 18.4. The first-order valence-electron chi connectivity index (χ1n) is 8.95. The quantitative estimate of drug-likeness (QED) is 0.814.